The summed E-state index contributed by atoms with van der Waals surface area (Å²) >= 11 is 3.49. The van der Waals surface area contributed by atoms with Crippen LogP contribution in [0, 0.1) is 13.8 Å². The summed E-state index contributed by atoms with van der Waals surface area (Å²) in [6, 6.07) is 21.5. The normalized spacial score (nSPS) is 12.8. The van der Waals surface area contributed by atoms with Crippen LogP contribution >= 0.6 is 15.9 Å². The maximum Gasteiger partial charge on any atom is 0.244 e. The minimum Gasteiger partial charge on any atom is -0.352 e. The van der Waals surface area contributed by atoms with Gasteiger partial charge in [0.25, 0.3) is 0 Å². The molecule has 0 unspecified atom stereocenters. The van der Waals surface area contributed by atoms with Gasteiger partial charge >= 0.3 is 0 Å². The zero-order valence-corrected chi connectivity index (χ0v) is 26.1. The lowest BCUT2D eigenvalue weighted by Crippen LogP contribution is -2.54. The van der Waals surface area contributed by atoms with Crippen LogP contribution in [0.15, 0.2) is 77.3 Å². The first kappa shape index (κ1) is 31.4. The number of amides is 2. The molecule has 7 nitrogen and oxygen atoms in total. The molecule has 3 aromatic rings. The maximum atomic E-state index is 14.2. The van der Waals surface area contributed by atoms with E-state index >= 15 is 0 Å². The number of anilines is 1. The van der Waals surface area contributed by atoms with E-state index in [0.29, 0.717) is 5.69 Å². The number of hydrogen-bond acceptors (Lipinski definition) is 4. The first-order valence-corrected chi connectivity index (χ1v) is 16.0. The van der Waals surface area contributed by atoms with Crippen molar-refractivity contribution in [1.82, 2.24) is 10.2 Å². The molecule has 1 N–H and O–H groups in total. The molecule has 2 atom stereocenters. The van der Waals surface area contributed by atoms with E-state index in [0.717, 1.165) is 43.7 Å². The Morgan fingerprint density at radius 1 is 0.950 bits per heavy atom. The third-order valence-corrected chi connectivity index (χ3v) is 8.66. The van der Waals surface area contributed by atoms with Crippen molar-refractivity contribution < 1.29 is 18.0 Å². The van der Waals surface area contributed by atoms with Gasteiger partial charge in [-0.15, -0.1) is 0 Å². The second kappa shape index (κ2) is 13.9. The fourth-order valence-electron chi connectivity index (χ4n) is 4.43. The van der Waals surface area contributed by atoms with Crippen LogP contribution in [0.25, 0.3) is 0 Å². The molecule has 0 saturated heterocycles. The smallest absolute Gasteiger partial charge is 0.244 e. The zero-order chi connectivity index (χ0) is 29.4. The SMILES string of the molecule is CC[C@H](C)NC(=O)[C@@H](Cc1ccccc1)N(Cc1cccc(Br)c1)C(=O)CN(c1cccc(C)c1C)S(C)(=O)=O. The summed E-state index contributed by atoms with van der Waals surface area (Å²) in [5.74, 6) is -0.745. The van der Waals surface area contributed by atoms with E-state index in [4.69, 9.17) is 0 Å². The summed E-state index contributed by atoms with van der Waals surface area (Å²) in [5.41, 5.74) is 3.85. The predicted molar refractivity (Wildman–Crippen MR) is 165 cm³/mol. The fraction of sp³-hybridized carbons (Fsp3) is 0.355. The molecule has 0 spiro atoms. The van der Waals surface area contributed by atoms with Crippen LogP contribution in [0.4, 0.5) is 5.69 Å². The highest BCUT2D eigenvalue weighted by Crippen LogP contribution is 2.26. The molecule has 0 aliphatic carbocycles. The molecular formula is C31H38BrN3O4S. The highest BCUT2D eigenvalue weighted by atomic mass is 79.9. The largest absolute Gasteiger partial charge is 0.352 e. The second-order valence-electron chi connectivity index (χ2n) is 10.2. The molecule has 3 aromatic carbocycles. The monoisotopic (exact) mass is 627 g/mol. The van der Waals surface area contributed by atoms with Crippen molar-refractivity contribution >= 4 is 43.5 Å². The molecule has 214 valence electrons. The summed E-state index contributed by atoms with van der Waals surface area (Å²) in [5, 5.41) is 3.04. The van der Waals surface area contributed by atoms with Gasteiger partial charge in [0.15, 0.2) is 0 Å². The van der Waals surface area contributed by atoms with Crippen molar-refractivity contribution in [3.8, 4) is 0 Å². The molecule has 0 fully saturated rings. The number of nitrogens with one attached hydrogen (secondary N) is 1. The Hall–Kier alpha value is -3.17. The molecule has 0 aromatic heterocycles. The number of carbonyl (C=O) groups excluding carboxylic acids is 2. The van der Waals surface area contributed by atoms with E-state index in [1.807, 2.05) is 88.4 Å². The minimum atomic E-state index is -3.82. The van der Waals surface area contributed by atoms with E-state index in [9.17, 15) is 18.0 Å². The van der Waals surface area contributed by atoms with Crippen molar-refractivity contribution in [2.75, 3.05) is 17.1 Å². The first-order chi connectivity index (χ1) is 18.9. The van der Waals surface area contributed by atoms with Crippen molar-refractivity contribution in [2.45, 2.75) is 59.2 Å². The van der Waals surface area contributed by atoms with E-state index in [-0.39, 0.29) is 24.9 Å². The van der Waals surface area contributed by atoms with Gasteiger partial charge in [-0.05, 0) is 67.6 Å². The third-order valence-electron chi connectivity index (χ3n) is 7.04. The van der Waals surface area contributed by atoms with Crippen LogP contribution in [-0.4, -0.2) is 50.0 Å². The number of hydrogen-bond donors (Lipinski definition) is 1. The zero-order valence-electron chi connectivity index (χ0n) is 23.7. The summed E-state index contributed by atoms with van der Waals surface area (Å²) < 4.78 is 28.0. The van der Waals surface area contributed by atoms with Gasteiger partial charge in [-0.3, -0.25) is 13.9 Å². The number of rotatable bonds is 12. The Morgan fingerprint density at radius 2 is 1.60 bits per heavy atom. The lowest BCUT2D eigenvalue weighted by Gasteiger charge is -2.34. The average molecular weight is 629 g/mol. The molecule has 0 aliphatic rings. The third kappa shape index (κ3) is 8.41. The number of halogens is 1. The topological polar surface area (TPSA) is 86.8 Å². The Balaban J connectivity index is 2.09. The fourth-order valence-corrected chi connectivity index (χ4v) is 5.77. The van der Waals surface area contributed by atoms with Crippen LogP contribution < -0.4 is 9.62 Å². The number of carbonyl (C=O) groups is 2. The Bertz CT molecular complexity index is 1430. The summed E-state index contributed by atoms with van der Waals surface area (Å²) in [7, 11) is -3.82. The number of benzene rings is 3. The molecule has 0 aliphatic heterocycles. The molecule has 9 heteroatoms. The van der Waals surface area contributed by atoms with E-state index in [1.165, 1.54) is 4.90 Å². The first-order valence-electron chi connectivity index (χ1n) is 13.3. The number of aryl methyl sites for hydroxylation is 1. The molecule has 40 heavy (non-hydrogen) atoms. The van der Waals surface area contributed by atoms with Gasteiger partial charge in [0.1, 0.15) is 12.6 Å². The molecule has 3 rings (SSSR count). The van der Waals surface area contributed by atoms with Gasteiger partial charge in [0, 0.05) is 23.5 Å². The van der Waals surface area contributed by atoms with Crippen LogP contribution in [0.3, 0.4) is 0 Å². The van der Waals surface area contributed by atoms with Crippen LogP contribution in [0.1, 0.15) is 42.5 Å². The summed E-state index contributed by atoms with van der Waals surface area (Å²) in [6.07, 6.45) is 2.11. The highest BCUT2D eigenvalue weighted by molar-refractivity contribution is 9.10. The molecule has 0 saturated carbocycles. The van der Waals surface area contributed by atoms with Crippen molar-refractivity contribution in [1.29, 1.82) is 0 Å². The van der Waals surface area contributed by atoms with Crippen molar-refractivity contribution in [3.05, 3.63) is 99.5 Å². The lowest BCUT2D eigenvalue weighted by molar-refractivity contribution is -0.140. The molecule has 0 bridgehead atoms. The summed E-state index contributed by atoms with van der Waals surface area (Å²) in [6.45, 7) is 7.34. The second-order valence-corrected chi connectivity index (χ2v) is 13.0. The average Bonchev–Trinajstić information content (AvgIpc) is 2.90. The van der Waals surface area contributed by atoms with Gasteiger partial charge in [-0.2, -0.15) is 0 Å². The van der Waals surface area contributed by atoms with Crippen LogP contribution in [-0.2, 0) is 32.6 Å². The van der Waals surface area contributed by atoms with E-state index < -0.39 is 28.5 Å². The Kier molecular flexibility index (Phi) is 10.9. The van der Waals surface area contributed by atoms with Crippen molar-refractivity contribution in [2.24, 2.45) is 0 Å². The molecular weight excluding hydrogens is 590 g/mol. The predicted octanol–water partition coefficient (Wildman–Crippen LogP) is 5.39. The van der Waals surface area contributed by atoms with Crippen LogP contribution in [0.5, 0.6) is 0 Å². The quantitative estimate of drug-likeness (QED) is 0.292. The van der Waals surface area contributed by atoms with Crippen LogP contribution in [0.2, 0.25) is 0 Å². The minimum absolute atomic E-state index is 0.0870. The molecule has 0 heterocycles. The van der Waals surface area contributed by atoms with E-state index in [2.05, 4.69) is 21.2 Å². The van der Waals surface area contributed by atoms with Gasteiger partial charge in [-0.1, -0.05) is 77.5 Å². The summed E-state index contributed by atoms with van der Waals surface area (Å²) in [4.78, 5) is 29.4. The van der Waals surface area contributed by atoms with Gasteiger partial charge in [0.2, 0.25) is 21.8 Å². The Labute approximate surface area is 246 Å². The highest BCUT2D eigenvalue weighted by Gasteiger charge is 2.33. The van der Waals surface area contributed by atoms with Crippen molar-refractivity contribution in [3.63, 3.8) is 0 Å². The maximum absolute atomic E-state index is 14.2. The van der Waals surface area contributed by atoms with Gasteiger partial charge in [-0.25, -0.2) is 8.42 Å². The lowest BCUT2D eigenvalue weighted by atomic mass is 10.0. The van der Waals surface area contributed by atoms with Gasteiger partial charge < -0.3 is 10.2 Å². The standard InChI is InChI=1S/C31H38BrN3O4S/c1-6-23(3)33-31(37)29(19-25-13-8-7-9-14-25)34(20-26-15-11-16-27(32)18-26)30(36)21-35(40(5,38)39)28-17-10-12-22(2)24(28)4/h7-18,23,29H,6,19-21H2,1-5H3,(H,33,37)/t23-,29+/m0/s1. The van der Waals surface area contributed by atoms with E-state index in [1.54, 1.807) is 12.1 Å². The Morgan fingerprint density at radius 3 is 2.23 bits per heavy atom. The van der Waals surface area contributed by atoms with Gasteiger partial charge in [0.05, 0.1) is 11.9 Å². The molecule has 0 radical (unpaired) electrons. The number of sulfonamides is 1. The number of nitrogens with zero attached hydrogens (tertiary/aromatic N) is 2. The molecule has 2 amide bonds.